The molecular formula is C4HF3N2OS. The zero-order valence-corrected chi connectivity index (χ0v) is 5.74. The Labute approximate surface area is 62.9 Å². The normalized spacial score (nSPS) is 11.5. The number of aromatic nitrogens is 2. The zero-order chi connectivity index (χ0) is 8.48. The van der Waals surface area contributed by atoms with Gasteiger partial charge < -0.3 is 0 Å². The van der Waals surface area contributed by atoms with Crippen LogP contribution in [-0.4, -0.2) is 16.5 Å². The van der Waals surface area contributed by atoms with Crippen molar-refractivity contribution in [1.82, 2.24) is 10.2 Å². The van der Waals surface area contributed by atoms with Gasteiger partial charge in [-0.2, -0.15) is 13.2 Å². The van der Waals surface area contributed by atoms with Crippen LogP contribution in [0.25, 0.3) is 0 Å². The molecule has 0 spiro atoms. The van der Waals surface area contributed by atoms with Crippen molar-refractivity contribution in [3.05, 3.63) is 10.0 Å². The van der Waals surface area contributed by atoms with Gasteiger partial charge in [0.05, 0.1) is 0 Å². The highest BCUT2D eigenvalue weighted by Gasteiger charge is 2.35. The zero-order valence-electron chi connectivity index (χ0n) is 4.92. The lowest BCUT2D eigenvalue weighted by Crippen LogP contribution is -2.03. The lowest BCUT2D eigenvalue weighted by molar-refractivity contribution is -0.138. The number of nitrogens with zero attached hydrogens (tertiary/aromatic N) is 2. The second kappa shape index (κ2) is 2.57. The Morgan fingerprint density at radius 3 is 2.27 bits per heavy atom. The van der Waals surface area contributed by atoms with Gasteiger partial charge in [-0.05, 0) is 0 Å². The van der Waals surface area contributed by atoms with E-state index in [4.69, 9.17) is 0 Å². The average molecular weight is 182 g/mol. The summed E-state index contributed by atoms with van der Waals surface area (Å²) < 4.78 is 35.2. The van der Waals surface area contributed by atoms with E-state index in [0.29, 0.717) is 0 Å². The first kappa shape index (κ1) is 8.12. The van der Waals surface area contributed by atoms with Gasteiger partial charge in [0.25, 0.3) is 0 Å². The van der Waals surface area contributed by atoms with Gasteiger partial charge in [-0.25, -0.2) is 0 Å². The van der Waals surface area contributed by atoms with E-state index >= 15 is 0 Å². The summed E-state index contributed by atoms with van der Waals surface area (Å²) >= 11 is 0.225. The fourth-order valence-corrected chi connectivity index (χ4v) is 0.922. The van der Waals surface area contributed by atoms with Crippen molar-refractivity contribution in [3.8, 4) is 0 Å². The smallest absolute Gasteiger partial charge is 0.295 e. The van der Waals surface area contributed by atoms with Gasteiger partial charge in [0, 0.05) is 0 Å². The molecule has 0 bridgehead atoms. The van der Waals surface area contributed by atoms with Crippen molar-refractivity contribution in [2.75, 3.05) is 0 Å². The molecule has 1 rings (SSSR count). The summed E-state index contributed by atoms with van der Waals surface area (Å²) in [6.07, 6.45) is -4.27. The summed E-state index contributed by atoms with van der Waals surface area (Å²) in [7, 11) is 0. The van der Waals surface area contributed by atoms with E-state index in [1.54, 1.807) is 0 Å². The first-order chi connectivity index (χ1) is 5.04. The van der Waals surface area contributed by atoms with E-state index in [-0.39, 0.29) is 22.6 Å². The Morgan fingerprint density at radius 1 is 1.36 bits per heavy atom. The number of aldehydes is 1. The van der Waals surface area contributed by atoms with Crippen LogP contribution in [-0.2, 0) is 6.18 Å². The van der Waals surface area contributed by atoms with Gasteiger partial charge in [0.2, 0.25) is 5.01 Å². The van der Waals surface area contributed by atoms with Crippen LogP contribution >= 0.6 is 11.3 Å². The maximum absolute atomic E-state index is 11.7. The third-order valence-corrected chi connectivity index (χ3v) is 1.68. The minimum atomic E-state index is -4.50. The molecule has 0 amide bonds. The summed E-state index contributed by atoms with van der Waals surface area (Å²) in [6.45, 7) is 0. The van der Waals surface area contributed by atoms with Crippen LogP contribution in [0.4, 0.5) is 13.2 Å². The second-order valence-corrected chi connectivity index (χ2v) is 2.57. The van der Waals surface area contributed by atoms with Gasteiger partial charge in [-0.3, -0.25) is 4.79 Å². The molecule has 0 unspecified atom stereocenters. The second-order valence-electron chi connectivity index (χ2n) is 1.56. The van der Waals surface area contributed by atoms with Crippen molar-refractivity contribution in [1.29, 1.82) is 0 Å². The molecule has 1 heterocycles. The van der Waals surface area contributed by atoms with Crippen LogP contribution < -0.4 is 0 Å². The topological polar surface area (TPSA) is 42.9 Å². The van der Waals surface area contributed by atoms with E-state index in [1.165, 1.54) is 0 Å². The Kier molecular flexibility index (Phi) is 1.90. The quantitative estimate of drug-likeness (QED) is 0.616. The van der Waals surface area contributed by atoms with Gasteiger partial charge in [-0.15, -0.1) is 10.2 Å². The standard InChI is InChI=1S/C4HF3N2OS/c5-4(6,7)3-9-8-2(1-10)11-3/h1H. The molecule has 60 valence electrons. The van der Waals surface area contributed by atoms with E-state index in [9.17, 15) is 18.0 Å². The summed E-state index contributed by atoms with van der Waals surface area (Å²) in [6, 6.07) is 0. The number of rotatable bonds is 1. The highest BCUT2D eigenvalue weighted by molar-refractivity contribution is 7.12. The number of halogens is 3. The maximum atomic E-state index is 11.7. The number of hydrogen-bond acceptors (Lipinski definition) is 4. The highest BCUT2D eigenvalue weighted by atomic mass is 32.1. The first-order valence-corrected chi connectivity index (χ1v) is 3.21. The molecule has 0 N–H and O–H groups in total. The molecule has 1 aromatic heterocycles. The Morgan fingerprint density at radius 2 is 2.00 bits per heavy atom. The maximum Gasteiger partial charge on any atom is 0.445 e. The highest BCUT2D eigenvalue weighted by Crippen LogP contribution is 2.30. The van der Waals surface area contributed by atoms with Gasteiger partial charge >= 0.3 is 6.18 Å². The fourth-order valence-electron chi connectivity index (χ4n) is 0.397. The molecule has 11 heavy (non-hydrogen) atoms. The lowest BCUT2D eigenvalue weighted by Gasteiger charge is -1.96. The molecule has 7 heteroatoms. The number of carbonyl (C=O) groups is 1. The summed E-state index contributed by atoms with van der Waals surface area (Å²) in [5, 5.41) is 4.39. The molecule has 0 aromatic carbocycles. The average Bonchev–Trinajstić information content (AvgIpc) is 2.32. The Bertz CT molecular complexity index is 269. The van der Waals surface area contributed by atoms with Crippen molar-refractivity contribution in [3.63, 3.8) is 0 Å². The van der Waals surface area contributed by atoms with Gasteiger partial charge in [-0.1, -0.05) is 11.3 Å². The molecule has 3 nitrogen and oxygen atoms in total. The Hall–Kier alpha value is -0.980. The molecule has 0 radical (unpaired) electrons. The lowest BCUT2D eigenvalue weighted by atomic mass is 10.7. The van der Waals surface area contributed by atoms with Gasteiger partial charge in [0.1, 0.15) is 0 Å². The Balaban J connectivity index is 2.98. The van der Waals surface area contributed by atoms with Crippen LogP contribution in [0.2, 0.25) is 0 Å². The summed E-state index contributed by atoms with van der Waals surface area (Å²) in [5.74, 6) is 0. The van der Waals surface area contributed by atoms with E-state index in [2.05, 4.69) is 10.2 Å². The molecule has 0 atom stereocenters. The summed E-state index contributed by atoms with van der Waals surface area (Å²) in [5.41, 5.74) is 0. The number of alkyl halides is 3. The van der Waals surface area contributed by atoms with E-state index in [1.807, 2.05) is 0 Å². The molecule has 0 saturated heterocycles. The van der Waals surface area contributed by atoms with Crippen LogP contribution in [0.3, 0.4) is 0 Å². The van der Waals surface area contributed by atoms with Crippen LogP contribution in [0.1, 0.15) is 14.8 Å². The SMILES string of the molecule is O=Cc1nnc(C(F)(F)F)s1. The minimum Gasteiger partial charge on any atom is -0.295 e. The minimum absolute atomic E-state index is 0.225. The molecule has 0 saturated carbocycles. The molecule has 0 aliphatic carbocycles. The molecule has 0 aliphatic heterocycles. The van der Waals surface area contributed by atoms with Crippen LogP contribution in [0.15, 0.2) is 0 Å². The molecule has 0 fully saturated rings. The van der Waals surface area contributed by atoms with E-state index in [0.717, 1.165) is 0 Å². The largest absolute Gasteiger partial charge is 0.445 e. The monoisotopic (exact) mass is 182 g/mol. The van der Waals surface area contributed by atoms with Crippen molar-refractivity contribution < 1.29 is 18.0 Å². The van der Waals surface area contributed by atoms with Gasteiger partial charge in [0.15, 0.2) is 11.3 Å². The summed E-state index contributed by atoms with van der Waals surface area (Å²) in [4.78, 5) is 9.89. The van der Waals surface area contributed by atoms with Crippen molar-refractivity contribution in [2.45, 2.75) is 6.18 Å². The van der Waals surface area contributed by atoms with Crippen molar-refractivity contribution in [2.24, 2.45) is 0 Å². The molecule has 1 aromatic rings. The fraction of sp³-hybridized carbons (Fsp3) is 0.250. The predicted molar refractivity (Wildman–Crippen MR) is 30.3 cm³/mol. The molecule has 0 aliphatic rings. The first-order valence-electron chi connectivity index (χ1n) is 2.40. The third kappa shape index (κ3) is 1.73. The van der Waals surface area contributed by atoms with E-state index < -0.39 is 11.2 Å². The molecular weight excluding hydrogens is 181 g/mol. The third-order valence-electron chi connectivity index (χ3n) is 0.784. The van der Waals surface area contributed by atoms with Crippen LogP contribution in [0, 0.1) is 0 Å². The number of hydrogen-bond donors (Lipinski definition) is 0. The predicted octanol–water partition coefficient (Wildman–Crippen LogP) is 1.37. The van der Waals surface area contributed by atoms with Crippen LogP contribution in [0.5, 0.6) is 0 Å². The van der Waals surface area contributed by atoms with Crippen molar-refractivity contribution >= 4 is 17.6 Å². The number of carbonyl (C=O) groups excluding carboxylic acids is 1.